The first-order chi connectivity index (χ1) is 14.8. The van der Waals surface area contributed by atoms with Gasteiger partial charge in [0.25, 0.3) is 5.91 Å². The summed E-state index contributed by atoms with van der Waals surface area (Å²) in [6.45, 7) is 6.89. The summed E-state index contributed by atoms with van der Waals surface area (Å²) in [7, 11) is 0. The van der Waals surface area contributed by atoms with Crippen molar-refractivity contribution in [1.29, 1.82) is 0 Å². The van der Waals surface area contributed by atoms with E-state index in [9.17, 15) is 9.18 Å². The van der Waals surface area contributed by atoms with Crippen molar-refractivity contribution in [2.75, 3.05) is 5.32 Å². The van der Waals surface area contributed by atoms with Crippen LogP contribution < -0.4 is 10.1 Å². The molecule has 0 saturated carbocycles. The summed E-state index contributed by atoms with van der Waals surface area (Å²) in [6.07, 6.45) is 2.89. The number of ether oxygens (including phenoxy) is 1. The Bertz CT molecular complexity index is 1070. The van der Waals surface area contributed by atoms with Gasteiger partial charge in [0.15, 0.2) is 5.69 Å². The second-order valence-corrected chi connectivity index (χ2v) is 9.19. The second kappa shape index (κ2) is 8.53. The van der Waals surface area contributed by atoms with Crippen molar-refractivity contribution in [3.8, 4) is 5.75 Å². The zero-order chi connectivity index (χ0) is 22.0. The molecule has 1 amide bonds. The fraction of sp³-hybridized carbons (Fsp3) is 0.360. The fourth-order valence-electron chi connectivity index (χ4n) is 4.02. The number of H-pyrrole nitrogens is 1. The Morgan fingerprint density at radius 1 is 1.19 bits per heavy atom. The van der Waals surface area contributed by atoms with Crippen molar-refractivity contribution in [3.63, 3.8) is 0 Å². The molecule has 0 bridgehead atoms. The molecule has 0 fully saturated rings. The van der Waals surface area contributed by atoms with E-state index in [1.165, 1.54) is 6.07 Å². The first kappa shape index (κ1) is 21.1. The molecule has 0 saturated heterocycles. The summed E-state index contributed by atoms with van der Waals surface area (Å²) in [4.78, 5) is 12.9. The summed E-state index contributed by atoms with van der Waals surface area (Å²) >= 11 is 0. The topological polar surface area (TPSA) is 67.0 Å². The molecule has 0 radical (unpaired) electrons. The molecule has 0 spiro atoms. The van der Waals surface area contributed by atoms with E-state index in [1.807, 2.05) is 0 Å². The standard InChI is InChI=1S/C25H28FN3O2/c1-25(2,3)17-8-13-22-20(14-17)23(29-28-22)24(30)27-18-9-11-19(12-10-18)31-15-16-6-4-5-7-21(16)26/h4-7,9-12,17H,8,13-15H2,1-3H3,(H,27,30)(H,28,29). The molecule has 5 nitrogen and oxygen atoms in total. The van der Waals surface area contributed by atoms with Gasteiger partial charge in [-0.05, 0) is 60.9 Å². The molecule has 2 aromatic carbocycles. The number of aromatic nitrogens is 2. The lowest BCUT2D eigenvalue weighted by Gasteiger charge is -2.33. The van der Waals surface area contributed by atoms with Gasteiger partial charge in [0.05, 0.1) is 0 Å². The highest BCUT2D eigenvalue weighted by atomic mass is 19.1. The van der Waals surface area contributed by atoms with Gasteiger partial charge in [-0.15, -0.1) is 0 Å². The number of nitrogens with one attached hydrogen (secondary N) is 2. The minimum Gasteiger partial charge on any atom is -0.489 e. The van der Waals surface area contributed by atoms with Crippen molar-refractivity contribution in [2.24, 2.45) is 11.3 Å². The lowest BCUT2D eigenvalue weighted by atomic mass is 9.71. The van der Waals surface area contributed by atoms with Crippen molar-refractivity contribution in [1.82, 2.24) is 10.2 Å². The molecule has 1 aliphatic rings. The molecule has 1 aromatic heterocycles. The van der Waals surface area contributed by atoms with Crippen LogP contribution >= 0.6 is 0 Å². The highest BCUT2D eigenvalue weighted by molar-refractivity contribution is 6.04. The first-order valence-corrected chi connectivity index (χ1v) is 10.6. The van der Waals surface area contributed by atoms with E-state index in [-0.39, 0.29) is 23.7 Å². The molecule has 1 atom stereocenters. The summed E-state index contributed by atoms with van der Waals surface area (Å²) in [5.41, 5.74) is 3.93. The number of nitrogens with zero attached hydrogens (tertiary/aromatic N) is 1. The quantitative estimate of drug-likeness (QED) is 0.569. The second-order valence-electron chi connectivity index (χ2n) is 9.19. The van der Waals surface area contributed by atoms with Crippen LogP contribution in [0.5, 0.6) is 5.75 Å². The van der Waals surface area contributed by atoms with Crippen molar-refractivity contribution >= 4 is 11.6 Å². The van der Waals surface area contributed by atoms with E-state index in [4.69, 9.17) is 4.74 Å². The number of rotatable bonds is 5. The van der Waals surface area contributed by atoms with E-state index < -0.39 is 0 Å². The van der Waals surface area contributed by atoms with Crippen LogP contribution in [0.3, 0.4) is 0 Å². The van der Waals surface area contributed by atoms with Crippen LogP contribution in [0.1, 0.15) is 54.5 Å². The smallest absolute Gasteiger partial charge is 0.276 e. The van der Waals surface area contributed by atoms with E-state index >= 15 is 0 Å². The zero-order valence-electron chi connectivity index (χ0n) is 18.2. The SMILES string of the molecule is CC(C)(C)C1CCc2[nH]nc(C(=O)Nc3ccc(OCc4ccccc4F)cc3)c2C1. The lowest BCUT2D eigenvalue weighted by Crippen LogP contribution is -2.28. The number of carbonyl (C=O) groups is 1. The number of hydrogen-bond donors (Lipinski definition) is 2. The molecule has 31 heavy (non-hydrogen) atoms. The van der Waals surface area contributed by atoms with E-state index in [0.717, 1.165) is 30.5 Å². The van der Waals surface area contributed by atoms with E-state index in [1.54, 1.807) is 42.5 Å². The van der Waals surface area contributed by atoms with Gasteiger partial charge in [0, 0.05) is 22.5 Å². The number of fused-ring (bicyclic) bond motifs is 1. The number of anilines is 1. The van der Waals surface area contributed by atoms with Crippen molar-refractivity contribution < 1.29 is 13.9 Å². The zero-order valence-corrected chi connectivity index (χ0v) is 18.2. The summed E-state index contributed by atoms with van der Waals surface area (Å²) in [5, 5.41) is 10.3. The highest BCUT2D eigenvalue weighted by Gasteiger charge is 2.32. The highest BCUT2D eigenvalue weighted by Crippen LogP contribution is 2.37. The Morgan fingerprint density at radius 3 is 2.65 bits per heavy atom. The number of carbonyl (C=O) groups excluding carboxylic acids is 1. The van der Waals surface area contributed by atoms with Crippen LogP contribution in [0.25, 0.3) is 0 Å². The van der Waals surface area contributed by atoms with Crippen LogP contribution in [0.2, 0.25) is 0 Å². The number of hydrogen-bond acceptors (Lipinski definition) is 3. The maximum absolute atomic E-state index is 13.7. The van der Waals surface area contributed by atoms with Gasteiger partial charge in [-0.1, -0.05) is 39.0 Å². The number of amides is 1. The molecule has 162 valence electrons. The number of halogens is 1. The number of aromatic amines is 1. The van der Waals surface area contributed by atoms with Crippen molar-refractivity contribution in [3.05, 3.63) is 76.9 Å². The van der Waals surface area contributed by atoms with E-state index in [2.05, 4.69) is 36.3 Å². The third-order valence-corrected chi connectivity index (χ3v) is 6.05. The predicted octanol–water partition coefficient (Wildman–Crippen LogP) is 5.53. The molecule has 4 rings (SSSR count). The maximum Gasteiger partial charge on any atom is 0.276 e. The summed E-state index contributed by atoms with van der Waals surface area (Å²) in [6, 6.07) is 13.6. The van der Waals surface area contributed by atoms with Gasteiger partial charge in [-0.3, -0.25) is 9.89 Å². The van der Waals surface area contributed by atoms with Crippen molar-refractivity contribution in [2.45, 2.75) is 46.6 Å². The minimum absolute atomic E-state index is 0.146. The number of aryl methyl sites for hydroxylation is 1. The van der Waals surface area contributed by atoms with Gasteiger partial charge < -0.3 is 10.1 Å². The molecular formula is C25H28FN3O2. The van der Waals surface area contributed by atoms with Gasteiger partial charge in [0.1, 0.15) is 18.2 Å². The van der Waals surface area contributed by atoms with Crippen LogP contribution in [0, 0.1) is 17.2 Å². The first-order valence-electron chi connectivity index (χ1n) is 10.6. The van der Waals surface area contributed by atoms with Gasteiger partial charge in [-0.25, -0.2) is 4.39 Å². The predicted molar refractivity (Wildman–Crippen MR) is 119 cm³/mol. The van der Waals surface area contributed by atoms with Crippen LogP contribution in [0.4, 0.5) is 10.1 Å². The minimum atomic E-state index is -0.289. The van der Waals surface area contributed by atoms with Crippen LogP contribution in [-0.4, -0.2) is 16.1 Å². The average molecular weight is 422 g/mol. The Labute approximate surface area is 182 Å². The monoisotopic (exact) mass is 421 g/mol. The maximum atomic E-state index is 13.7. The average Bonchev–Trinajstić information content (AvgIpc) is 3.17. The van der Waals surface area contributed by atoms with Gasteiger partial charge in [-0.2, -0.15) is 5.10 Å². The molecule has 1 heterocycles. The Morgan fingerprint density at radius 2 is 1.94 bits per heavy atom. The third-order valence-electron chi connectivity index (χ3n) is 6.05. The molecule has 0 aliphatic heterocycles. The largest absolute Gasteiger partial charge is 0.489 e. The molecule has 2 N–H and O–H groups in total. The Hall–Kier alpha value is -3.15. The van der Waals surface area contributed by atoms with Gasteiger partial charge in [0.2, 0.25) is 0 Å². The molecule has 3 aromatic rings. The Balaban J connectivity index is 1.40. The van der Waals surface area contributed by atoms with E-state index in [0.29, 0.717) is 28.6 Å². The number of benzene rings is 2. The lowest BCUT2D eigenvalue weighted by molar-refractivity contribution is 0.102. The summed E-state index contributed by atoms with van der Waals surface area (Å²) < 4.78 is 19.4. The van der Waals surface area contributed by atoms with Crippen LogP contribution in [-0.2, 0) is 19.4 Å². The molecule has 1 aliphatic carbocycles. The molecular weight excluding hydrogens is 393 g/mol. The molecule has 6 heteroatoms. The normalized spacial score (nSPS) is 15.9. The Kier molecular flexibility index (Phi) is 5.81. The van der Waals surface area contributed by atoms with Crippen LogP contribution in [0.15, 0.2) is 48.5 Å². The molecule has 1 unspecified atom stereocenters. The fourth-order valence-corrected chi connectivity index (χ4v) is 4.02. The summed E-state index contributed by atoms with van der Waals surface area (Å²) in [5.74, 6) is 0.621. The van der Waals surface area contributed by atoms with Gasteiger partial charge >= 0.3 is 0 Å². The third kappa shape index (κ3) is 4.79.